The van der Waals surface area contributed by atoms with Crippen LogP contribution in [0.15, 0.2) is 0 Å². The maximum Gasteiger partial charge on any atom is 0.472 e. The number of aliphatic hydroxyl groups is 1. The molecule has 0 rings (SSSR count). The van der Waals surface area contributed by atoms with Crippen molar-refractivity contribution in [1.82, 2.24) is 0 Å². The zero-order chi connectivity index (χ0) is 75.5. The van der Waals surface area contributed by atoms with Crippen molar-refractivity contribution in [3.8, 4) is 0 Å². The summed E-state index contributed by atoms with van der Waals surface area (Å²) < 4.78 is 68.8. The van der Waals surface area contributed by atoms with Gasteiger partial charge in [0.05, 0.1) is 26.4 Å². The number of esters is 4. The first-order chi connectivity index (χ1) is 50.1. The van der Waals surface area contributed by atoms with E-state index in [0.717, 1.165) is 95.8 Å². The van der Waals surface area contributed by atoms with Gasteiger partial charge in [-0.2, -0.15) is 0 Å². The lowest BCUT2D eigenvalue weighted by Crippen LogP contribution is -2.30. The molecular formula is C84H164O17P2. The molecular weight excluding hydrogens is 1340 g/mol. The van der Waals surface area contributed by atoms with Gasteiger partial charge < -0.3 is 33.8 Å². The highest BCUT2D eigenvalue weighted by Crippen LogP contribution is 2.45. The summed E-state index contributed by atoms with van der Waals surface area (Å²) in [4.78, 5) is 73.1. The van der Waals surface area contributed by atoms with Gasteiger partial charge in [0.2, 0.25) is 0 Å². The molecule has 103 heavy (non-hydrogen) atoms. The number of hydrogen-bond donors (Lipinski definition) is 3. The van der Waals surface area contributed by atoms with Gasteiger partial charge in [0.1, 0.15) is 19.3 Å². The summed E-state index contributed by atoms with van der Waals surface area (Å²) in [5, 5.41) is 10.7. The minimum Gasteiger partial charge on any atom is -0.462 e. The van der Waals surface area contributed by atoms with E-state index in [1.165, 1.54) is 276 Å². The third-order valence-corrected chi connectivity index (χ3v) is 22.0. The average Bonchev–Trinajstić information content (AvgIpc) is 0.914. The largest absolute Gasteiger partial charge is 0.472 e. The Balaban J connectivity index is 5.22. The van der Waals surface area contributed by atoms with Crippen molar-refractivity contribution < 1.29 is 80.2 Å². The summed E-state index contributed by atoms with van der Waals surface area (Å²) in [7, 11) is -9.92. The van der Waals surface area contributed by atoms with Gasteiger partial charge in [-0.25, -0.2) is 9.13 Å². The van der Waals surface area contributed by atoms with E-state index in [1.54, 1.807) is 0 Å². The van der Waals surface area contributed by atoms with E-state index in [2.05, 4.69) is 34.6 Å². The molecule has 0 heterocycles. The van der Waals surface area contributed by atoms with E-state index < -0.39 is 97.5 Å². The minimum absolute atomic E-state index is 0.106. The second-order valence-corrected chi connectivity index (χ2v) is 33.4. The Morgan fingerprint density at radius 1 is 0.272 bits per heavy atom. The van der Waals surface area contributed by atoms with Crippen LogP contribution < -0.4 is 0 Å². The standard InChI is InChI=1S/C84H164O17P2/c1-6-10-13-16-19-22-25-27-29-31-33-34-36-38-40-42-45-48-54-59-64-69-83(88)100-79(73-95-82(87)68-63-58-53-47-44-41-39-37-35-32-30-28-26-23-20-17-14-11-7-2)75-98-102(90,91)96-71-78(85)72-97-103(92,93)99-76-80(74-94-81(86)67-62-57-52-46-43-24-21-18-15-12-8-3)101-84(89)70-65-60-55-50-49-51-56-61-66-77(5)9-4/h77-80,85H,6-76H2,1-5H3,(H,90,91)(H,92,93)/t77?,78-,79-,80-/m1/s1. The van der Waals surface area contributed by atoms with Crippen LogP contribution in [0.4, 0.5) is 0 Å². The van der Waals surface area contributed by atoms with Crippen LogP contribution in [0.3, 0.4) is 0 Å². The number of rotatable bonds is 84. The Kier molecular flexibility index (Phi) is 75.4. The number of carbonyl (C=O) groups is 4. The number of carbonyl (C=O) groups excluding carboxylic acids is 4. The molecule has 0 radical (unpaired) electrons. The number of phosphoric acid groups is 2. The lowest BCUT2D eigenvalue weighted by molar-refractivity contribution is -0.161. The van der Waals surface area contributed by atoms with Gasteiger partial charge in [-0.15, -0.1) is 0 Å². The van der Waals surface area contributed by atoms with E-state index in [-0.39, 0.29) is 25.7 Å². The van der Waals surface area contributed by atoms with Crippen LogP contribution in [-0.2, 0) is 65.4 Å². The topological polar surface area (TPSA) is 237 Å². The van der Waals surface area contributed by atoms with Gasteiger partial charge in [0, 0.05) is 25.7 Å². The highest BCUT2D eigenvalue weighted by molar-refractivity contribution is 7.47. The van der Waals surface area contributed by atoms with Gasteiger partial charge in [-0.3, -0.25) is 37.3 Å². The van der Waals surface area contributed by atoms with Crippen LogP contribution in [0, 0.1) is 5.92 Å². The molecule has 6 atom stereocenters. The number of aliphatic hydroxyl groups excluding tert-OH is 1. The summed E-state index contributed by atoms with van der Waals surface area (Å²) in [6.07, 6.45) is 69.5. The molecule has 0 aliphatic rings. The maximum atomic E-state index is 13.1. The third-order valence-electron chi connectivity index (χ3n) is 20.1. The van der Waals surface area contributed by atoms with Crippen LogP contribution in [0.25, 0.3) is 0 Å². The van der Waals surface area contributed by atoms with E-state index >= 15 is 0 Å². The SMILES string of the molecule is CCCCCCCCCCCCCCCCCCCCCCCC(=O)O[C@H](COC(=O)CCCCCCCCCCCCCCCCCCCCC)COP(=O)(O)OC[C@@H](O)COP(=O)(O)OC[C@@H](COC(=O)CCCCCCCCCCCCC)OC(=O)CCCCCCCCCCC(C)CC. The van der Waals surface area contributed by atoms with Gasteiger partial charge in [0.25, 0.3) is 0 Å². The van der Waals surface area contributed by atoms with Gasteiger partial charge in [-0.05, 0) is 31.6 Å². The molecule has 0 saturated heterocycles. The lowest BCUT2D eigenvalue weighted by atomic mass is 9.99. The van der Waals surface area contributed by atoms with E-state index in [9.17, 15) is 43.2 Å². The predicted molar refractivity (Wildman–Crippen MR) is 423 cm³/mol. The molecule has 612 valence electrons. The van der Waals surface area contributed by atoms with Gasteiger partial charge >= 0.3 is 39.5 Å². The Bertz CT molecular complexity index is 1960. The quantitative estimate of drug-likeness (QED) is 0.0222. The Labute approximate surface area is 632 Å². The molecule has 0 aromatic rings. The number of unbranched alkanes of at least 4 members (excludes halogenated alkanes) is 55. The van der Waals surface area contributed by atoms with Crippen molar-refractivity contribution in [3.05, 3.63) is 0 Å². The Morgan fingerprint density at radius 3 is 0.689 bits per heavy atom. The van der Waals surface area contributed by atoms with Crippen molar-refractivity contribution >= 4 is 39.5 Å². The fourth-order valence-corrected chi connectivity index (χ4v) is 14.7. The predicted octanol–water partition coefficient (Wildman–Crippen LogP) is 25.6. The van der Waals surface area contributed by atoms with Crippen LogP contribution in [0.2, 0.25) is 0 Å². The first-order valence-electron chi connectivity index (χ1n) is 43.7. The molecule has 3 N–H and O–H groups in total. The molecule has 3 unspecified atom stereocenters. The lowest BCUT2D eigenvalue weighted by Gasteiger charge is -2.21. The fraction of sp³-hybridized carbons (Fsp3) is 0.952. The first-order valence-corrected chi connectivity index (χ1v) is 46.7. The second-order valence-electron chi connectivity index (χ2n) is 30.5. The molecule has 17 nitrogen and oxygen atoms in total. The molecule has 0 spiro atoms. The highest BCUT2D eigenvalue weighted by atomic mass is 31.2. The number of hydrogen-bond acceptors (Lipinski definition) is 15. The van der Waals surface area contributed by atoms with Crippen molar-refractivity contribution in [2.45, 2.75) is 470 Å². The van der Waals surface area contributed by atoms with E-state index in [0.29, 0.717) is 25.7 Å². The summed E-state index contributed by atoms with van der Waals surface area (Å²) in [6, 6.07) is 0. The molecule has 0 saturated carbocycles. The molecule has 0 aromatic carbocycles. The van der Waals surface area contributed by atoms with Crippen LogP contribution in [0.1, 0.15) is 452 Å². The smallest absolute Gasteiger partial charge is 0.462 e. The zero-order valence-electron chi connectivity index (χ0n) is 67.5. The zero-order valence-corrected chi connectivity index (χ0v) is 69.3. The molecule has 0 aliphatic heterocycles. The first kappa shape index (κ1) is 101. The second kappa shape index (κ2) is 76.8. The van der Waals surface area contributed by atoms with E-state index in [1.807, 2.05) is 0 Å². The van der Waals surface area contributed by atoms with Gasteiger partial charge in [0.15, 0.2) is 12.2 Å². The monoisotopic (exact) mass is 1510 g/mol. The van der Waals surface area contributed by atoms with Crippen molar-refractivity contribution in [2.24, 2.45) is 5.92 Å². The minimum atomic E-state index is -4.96. The molecule has 0 aliphatic carbocycles. The normalized spacial score (nSPS) is 14.1. The number of phosphoric ester groups is 2. The number of ether oxygens (including phenoxy) is 4. The summed E-state index contributed by atoms with van der Waals surface area (Å²) in [5.74, 6) is -1.34. The molecule has 0 amide bonds. The van der Waals surface area contributed by atoms with Crippen molar-refractivity contribution in [2.75, 3.05) is 39.6 Å². The Morgan fingerprint density at radius 2 is 0.466 bits per heavy atom. The van der Waals surface area contributed by atoms with Crippen LogP contribution in [-0.4, -0.2) is 96.7 Å². The summed E-state index contributed by atoms with van der Waals surface area (Å²) >= 11 is 0. The summed E-state index contributed by atoms with van der Waals surface area (Å²) in [6.45, 7) is 7.34. The van der Waals surface area contributed by atoms with Crippen molar-refractivity contribution in [1.29, 1.82) is 0 Å². The molecule has 0 fully saturated rings. The maximum absolute atomic E-state index is 13.1. The van der Waals surface area contributed by atoms with Crippen molar-refractivity contribution in [3.63, 3.8) is 0 Å². The molecule has 0 aromatic heterocycles. The van der Waals surface area contributed by atoms with E-state index in [4.69, 9.17) is 37.0 Å². The highest BCUT2D eigenvalue weighted by Gasteiger charge is 2.30. The third kappa shape index (κ3) is 76.6. The Hall–Kier alpha value is -1.94. The molecule has 0 bridgehead atoms. The fourth-order valence-electron chi connectivity index (χ4n) is 13.1. The summed E-state index contributed by atoms with van der Waals surface area (Å²) in [5.41, 5.74) is 0. The van der Waals surface area contributed by atoms with Gasteiger partial charge in [-0.1, -0.05) is 401 Å². The molecule has 19 heteroatoms. The average molecular weight is 1510 g/mol. The van der Waals surface area contributed by atoms with Crippen LogP contribution >= 0.6 is 15.6 Å². The van der Waals surface area contributed by atoms with Crippen LogP contribution in [0.5, 0.6) is 0 Å².